The molecule has 0 aliphatic rings. The van der Waals surface area contributed by atoms with Crippen molar-refractivity contribution < 1.29 is 4.79 Å². The Balaban J connectivity index is 2.32. The summed E-state index contributed by atoms with van der Waals surface area (Å²) in [4.78, 5) is 18.4. The zero-order valence-electron chi connectivity index (χ0n) is 12.6. The highest BCUT2D eigenvalue weighted by atomic mass is 16.2. The van der Waals surface area contributed by atoms with Crippen LogP contribution in [0.3, 0.4) is 0 Å². The highest BCUT2D eigenvalue weighted by Gasteiger charge is 2.15. The number of rotatable bonds is 5. The van der Waals surface area contributed by atoms with Crippen LogP contribution in [0.4, 0.5) is 0 Å². The Kier molecular flexibility index (Phi) is 4.39. The van der Waals surface area contributed by atoms with Gasteiger partial charge in [0.2, 0.25) is 5.91 Å². The number of hydrogen-bond acceptors (Lipinski definition) is 3. The molecule has 20 heavy (non-hydrogen) atoms. The molecule has 0 radical (unpaired) electrons. The second-order valence-electron chi connectivity index (χ2n) is 5.29. The fourth-order valence-electron chi connectivity index (χ4n) is 2.19. The molecule has 108 valence electrons. The van der Waals surface area contributed by atoms with Crippen molar-refractivity contribution in [3.05, 3.63) is 30.1 Å². The number of amides is 1. The highest BCUT2D eigenvalue weighted by Crippen LogP contribution is 2.19. The van der Waals surface area contributed by atoms with Gasteiger partial charge in [-0.05, 0) is 38.6 Å². The van der Waals surface area contributed by atoms with E-state index in [1.807, 2.05) is 50.8 Å². The molecule has 5 heteroatoms. The first-order chi connectivity index (χ1) is 9.54. The summed E-state index contributed by atoms with van der Waals surface area (Å²) in [6.45, 7) is 5.11. The van der Waals surface area contributed by atoms with Crippen molar-refractivity contribution in [2.75, 3.05) is 14.1 Å². The van der Waals surface area contributed by atoms with Crippen LogP contribution in [-0.2, 0) is 17.9 Å². The van der Waals surface area contributed by atoms with E-state index in [0.29, 0.717) is 6.54 Å². The average molecular weight is 274 g/mol. The topological polar surface area (TPSA) is 50.2 Å². The normalized spacial score (nSPS) is 11.2. The molecule has 2 aromatic rings. The largest absolute Gasteiger partial charge is 0.342 e. The van der Waals surface area contributed by atoms with Gasteiger partial charge in [-0.25, -0.2) is 4.98 Å². The van der Waals surface area contributed by atoms with Gasteiger partial charge in [0, 0.05) is 37.4 Å². The summed E-state index contributed by atoms with van der Waals surface area (Å²) < 4.78 is 1.93. The van der Waals surface area contributed by atoms with E-state index < -0.39 is 0 Å². The third kappa shape index (κ3) is 2.82. The van der Waals surface area contributed by atoms with Crippen LogP contribution >= 0.6 is 0 Å². The fraction of sp³-hybridized carbons (Fsp3) is 0.467. The van der Waals surface area contributed by atoms with E-state index in [1.54, 1.807) is 11.1 Å². The molecule has 1 N–H and O–H groups in total. The molecule has 5 nitrogen and oxygen atoms in total. The number of likely N-dealkylation sites (N-methyl/N-ethyl adjacent to an activating group) is 1. The Labute approximate surface area is 119 Å². The van der Waals surface area contributed by atoms with Crippen molar-refractivity contribution in [1.82, 2.24) is 19.8 Å². The molecule has 0 saturated carbocycles. The molecule has 2 aromatic heterocycles. The molecule has 2 rings (SSSR count). The number of carbonyl (C=O) groups excluding carboxylic acids is 1. The molecule has 0 bridgehead atoms. The second-order valence-corrected chi connectivity index (χ2v) is 5.29. The van der Waals surface area contributed by atoms with E-state index in [1.165, 1.54) is 0 Å². The van der Waals surface area contributed by atoms with Crippen LogP contribution < -0.4 is 5.32 Å². The predicted molar refractivity (Wildman–Crippen MR) is 80.4 cm³/mol. The molecular weight excluding hydrogens is 252 g/mol. The Bertz CT molecular complexity index is 603. The molecule has 1 amide bonds. The lowest BCUT2D eigenvalue weighted by atomic mass is 10.2. The molecule has 0 aliphatic heterocycles. The average Bonchev–Trinajstić information content (AvgIpc) is 2.77. The van der Waals surface area contributed by atoms with Crippen molar-refractivity contribution in [2.24, 2.45) is 0 Å². The number of carbonyl (C=O) groups is 1. The smallest absolute Gasteiger partial charge is 0.242 e. The van der Waals surface area contributed by atoms with Crippen molar-refractivity contribution in [3.63, 3.8) is 0 Å². The maximum atomic E-state index is 12.2. The first kappa shape index (κ1) is 14.5. The number of pyridine rings is 1. The quantitative estimate of drug-likeness (QED) is 0.901. The fourth-order valence-corrected chi connectivity index (χ4v) is 2.19. The lowest BCUT2D eigenvalue weighted by molar-refractivity contribution is -0.131. The van der Waals surface area contributed by atoms with Gasteiger partial charge in [-0.2, -0.15) is 0 Å². The van der Waals surface area contributed by atoms with Gasteiger partial charge in [0.1, 0.15) is 12.2 Å². The first-order valence-corrected chi connectivity index (χ1v) is 6.87. The number of aromatic nitrogens is 2. The van der Waals surface area contributed by atoms with Crippen molar-refractivity contribution in [3.8, 4) is 0 Å². The van der Waals surface area contributed by atoms with Crippen LogP contribution in [0.15, 0.2) is 24.5 Å². The molecule has 2 heterocycles. The third-order valence-corrected chi connectivity index (χ3v) is 3.56. The van der Waals surface area contributed by atoms with E-state index >= 15 is 0 Å². The minimum absolute atomic E-state index is 0.0959. The van der Waals surface area contributed by atoms with Gasteiger partial charge in [-0.3, -0.25) is 4.79 Å². The summed E-state index contributed by atoms with van der Waals surface area (Å²) in [5.74, 6) is 0.0959. The minimum atomic E-state index is 0.0959. The van der Waals surface area contributed by atoms with Gasteiger partial charge in [0.25, 0.3) is 0 Å². The molecule has 0 saturated heterocycles. The van der Waals surface area contributed by atoms with E-state index in [0.717, 1.165) is 23.1 Å². The van der Waals surface area contributed by atoms with E-state index in [-0.39, 0.29) is 11.9 Å². The second kappa shape index (κ2) is 6.05. The van der Waals surface area contributed by atoms with Crippen LogP contribution in [-0.4, -0.2) is 40.5 Å². The van der Waals surface area contributed by atoms with Crippen LogP contribution in [0.25, 0.3) is 11.0 Å². The van der Waals surface area contributed by atoms with Crippen LogP contribution in [0.2, 0.25) is 0 Å². The first-order valence-electron chi connectivity index (χ1n) is 6.87. The van der Waals surface area contributed by atoms with Gasteiger partial charge < -0.3 is 14.8 Å². The Morgan fingerprint density at radius 2 is 2.25 bits per heavy atom. The Hall–Kier alpha value is -1.88. The zero-order valence-corrected chi connectivity index (χ0v) is 12.6. The standard InChI is InChI=1S/C15H22N4O/c1-11(2)18(4)14(20)10-19-9-12(8-16-3)13-6-5-7-17-15(13)19/h5-7,9,11,16H,8,10H2,1-4H3. The van der Waals surface area contributed by atoms with Crippen LogP contribution in [0.5, 0.6) is 0 Å². The summed E-state index contributed by atoms with van der Waals surface area (Å²) in [6, 6.07) is 4.17. The zero-order chi connectivity index (χ0) is 14.7. The molecule has 0 atom stereocenters. The van der Waals surface area contributed by atoms with Gasteiger partial charge >= 0.3 is 0 Å². The van der Waals surface area contributed by atoms with Crippen LogP contribution in [0.1, 0.15) is 19.4 Å². The number of nitrogens with zero attached hydrogens (tertiary/aromatic N) is 3. The van der Waals surface area contributed by atoms with Gasteiger partial charge in [-0.1, -0.05) is 0 Å². The maximum Gasteiger partial charge on any atom is 0.242 e. The van der Waals surface area contributed by atoms with E-state index in [2.05, 4.69) is 10.3 Å². The number of nitrogens with one attached hydrogen (secondary N) is 1. The SMILES string of the molecule is CNCc1cn(CC(=O)N(C)C(C)C)c2ncccc12. The third-order valence-electron chi connectivity index (χ3n) is 3.56. The van der Waals surface area contributed by atoms with Crippen molar-refractivity contribution in [2.45, 2.75) is 33.0 Å². The van der Waals surface area contributed by atoms with Gasteiger partial charge in [0.15, 0.2) is 0 Å². The summed E-state index contributed by atoms with van der Waals surface area (Å²) in [5, 5.41) is 4.25. The summed E-state index contributed by atoms with van der Waals surface area (Å²) >= 11 is 0. The maximum absolute atomic E-state index is 12.2. The molecule has 0 aromatic carbocycles. The summed E-state index contributed by atoms with van der Waals surface area (Å²) in [7, 11) is 3.75. The molecule has 0 aliphatic carbocycles. The van der Waals surface area contributed by atoms with Gasteiger partial charge in [-0.15, -0.1) is 0 Å². The molecule has 0 spiro atoms. The Morgan fingerprint density at radius 1 is 1.50 bits per heavy atom. The molecule has 0 fully saturated rings. The Morgan fingerprint density at radius 3 is 2.90 bits per heavy atom. The van der Waals surface area contributed by atoms with Gasteiger partial charge in [0.05, 0.1) is 0 Å². The minimum Gasteiger partial charge on any atom is -0.342 e. The van der Waals surface area contributed by atoms with Crippen molar-refractivity contribution >= 4 is 16.9 Å². The van der Waals surface area contributed by atoms with E-state index in [4.69, 9.17) is 0 Å². The highest BCUT2D eigenvalue weighted by molar-refractivity contribution is 5.83. The predicted octanol–water partition coefficient (Wildman–Crippen LogP) is 1.62. The van der Waals surface area contributed by atoms with Crippen molar-refractivity contribution in [1.29, 1.82) is 0 Å². The number of hydrogen-bond donors (Lipinski definition) is 1. The van der Waals surface area contributed by atoms with E-state index in [9.17, 15) is 4.79 Å². The molecular formula is C15H22N4O. The van der Waals surface area contributed by atoms with Crippen LogP contribution in [0, 0.1) is 0 Å². The monoisotopic (exact) mass is 274 g/mol. The lowest BCUT2D eigenvalue weighted by Gasteiger charge is -2.21. The molecule has 0 unspecified atom stereocenters. The summed E-state index contributed by atoms with van der Waals surface area (Å²) in [6.07, 6.45) is 3.78. The lowest BCUT2D eigenvalue weighted by Crippen LogP contribution is -2.35. The summed E-state index contributed by atoms with van der Waals surface area (Å²) in [5.41, 5.74) is 2.03. The number of fused-ring (bicyclic) bond motifs is 1.